The fourth-order valence-electron chi connectivity index (χ4n) is 2.93. The Balaban J connectivity index is 1.93. The minimum absolute atomic E-state index is 0.223. The number of ether oxygens (including phenoxy) is 2. The standard InChI is InChI=1S/C22H25NO5/c1-5-12-23-15(2)13-19(16(23)3)20(24)14-28-21(25)11-8-17-6-9-18(10-7-17)22(26)27-4/h6-11,13H,5,12,14H2,1-4H3/b11-8+. The molecule has 6 heteroatoms. The summed E-state index contributed by atoms with van der Waals surface area (Å²) in [6, 6.07) is 8.41. The largest absolute Gasteiger partial charge is 0.465 e. The van der Waals surface area contributed by atoms with Crippen LogP contribution in [-0.2, 0) is 20.8 Å². The third kappa shape index (κ3) is 5.19. The second kappa shape index (κ2) is 9.69. The molecule has 0 saturated heterocycles. The van der Waals surface area contributed by atoms with E-state index in [2.05, 4.69) is 16.2 Å². The van der Waals surface area contributed by atoms with Crippen molar-refractivity contribution in [3.05, 3.63) is 64.5 Å². The molecule has 0 unspecified atom stereocenters. The van der Waals surface area contributed by atoms with Gasteiger partial charge in [0.15, 0.2) is 6.61 Å². The molecule has 2 aromatic rings. The van der Waals surface area contributed by atoms with Crippen molar-refractivity contribution in [2.24, 2.45) is 0 Å². The Morgan fingerprint density at radius 2 is 1.79 bits per heavy atom. The molecule has 6 nitrogen and oxygen atoms in total. The molecule has 0 atom stereocenters. The molecule has 0 aliphatic rings. The summed E-state index contributed by atoms with van der Waals surface area (Å²) in [5.74, 6) is -1.25. The van der Waals surface area contributed by atoms with E-state index < -0.39 is 11.9 Å². The quantitative estimate of drug-likeness (QED) is 0.394. The molecule has 28 heavy (non-hydrogen) atoms. The predicted molar refractivity (Wildman–Crippen MR) is 106 cm³/mol. The van der Waals surface area contributed by atoms with E-state index in [1.165, 1.54) is 13.2 Å². The van der Waals surface area contributed by atoms with Crippen molar-refractivity contribution in [2.75, 3.05) is 13.7 Å². The zero-order valence-electron chi connectivity index (χ0n) is 16.7. The van der Waals surface area contributed by atoms with Crippen molar-refractivity contribution >= 4 is 23.8 Å². The zero-order chi connectivity index (χ0) is 20.7. The second-order valence-electron chi connectivity index (χ2n) is 6.41. The molecule has 1 aromatic heterocycles. The summed E-state index contributed by atoms with van der Waals surface area (Å²) in [5, 5.41) is 0. The minimum atomic E-state index is -0.604. The number of hydrogen-bond donors (Lipinski definition) is 0. The molecule has 0 radical (unpaired) electrons. The summed E-state index contributed by atoms with van der Waals surface area (Å²) in [6.45, 7) is 6.48. The Hall–Kier alpha value is -3.15. The van der Waals surface area contributed by atoms with Crippen molar-refractivity contribution in [1.82, 2.24) is 4.57 Å². The summed E-state index contributed by atoms with van der Waals surface area (Å²) in [7, 11) is 1.31. The van der Waals surface area contributed by atoms with Gasteiger partial charge in [-0.25, -0.2) is 9.59 Å². The fraction of sp³-hybridized carbons (Fsp3) is 0.318. The van der Waals surface area contributed by atoms with Gasteiger partial charge in [-0.1, -0.05) is 19.1 Å². The Morgan fingerprint density at radius 3 is 2.39 bits per heavy atom. The average molecular weight is 383 g/mol. The van der Waals surface area contributed by atoms with Crippen LogP contribution in [0.3, 0.4) is 0 Å². The summed E-state index contributed by atoms with van der Waals surface area (Å²) in [5.41, 5.74) is 3.64. The molecule has 0 bridgehead atoms. The van der Waals surface area contributed by atoms with Crippen LogP contribution in [-0.4, -0.2) is 36.0 Å². The number of carbonyl (C=O) groups is 3. The first-order valence-electron chi connectivity index (χ1n) is 9.10. The highest BCUT2D eigenvalue weighted by molar-refractivity contribution is 6.00. The number of esters is 2. The van der Waals surface area contributed by atoms with Crippen LogP contribution in [0.4, 0.5) is 0 Å². The van der Waals surface area contributed by atoms with Gasteiger partial charge in [0.05, 0.1) is 12.7 Å². The van der Waals surface area contributed by atoms with Crippen LogP contribution in [0, 0.1) is 13.8 Å². The Labute approximate surface area is 164 Å². The van der Waals surface area contributed by atoms with Gasteiger partial charge in [-0.15, -0.1) is 0 Å². The van der Waals surface area contributed by atoms with Gasteiger partial charge < -0.3 is 14.0 Å². The lowest BCUT2D eigenvalue weighted by molar-refractivity contribution is -0.136. The van der Waals surface area contributed by atoms with Crippen molar-refractivity contribution in [2.45, 2.75) is 33.7 Å². The third-order valence-corrected chi connectivity index (χ3v) is 4.41. The van der Waals surface area contributed by atoms with Crippen molar-refractivity contribution in [3.8, 4) is 0 Å². The molecule has 1 aromatic carbocycles. The first kappa shape index (κ1) is 21.2. The number of methoxy groups -OCH3 is 1. The van der Waals surface area contributed by atoms with Crippen molar-refractivity contribution in [1.29, 1.82) is 0 Å². The van der Waals surface area contributed by atoms with Gasteiger partial charge in [-0.2, -0.15) is 0 Å². The zero-order valence-corrected chi connectivity index (χ0v) is 16.7. The second-order valence-corrected chi connectivity index (χ2v) is 6.41. The Kier molecular flexibility index (Phi) is 7.32. The lowest BCUT2D eigenvalue weighted by Gasteiger charge is -2.07. The number of nitrogens with zero attached hydrogens (tertiary/aromatic N) is 1. The van der Waals surface area contributed by atoms with E-state index in [1.54, 1.807) is 30.3 Å². The number of hydrogen-bond acceptors (Lipinski definition) is 5. The maximum absolute atomic E-state index is 12.4. The predicted octanol–water partition coefficient (Wildman–Crippen LogP) is 3.74. The molecule has 1 heterocycles. The van der Waals surface area contributed by atoms with E-state index in [-0.39, 0.29) is 12.4 Å². The monoisotopic (exact) mass is 383 g/mol. The summed E-state index contributed by atoms with van der Waals surface area (Å²) in [6.07, 6.45) is 3.78. The van der Waals surface area contributed by atoms with E-state index in [0.29, 0.717) is 11.1 Å². The smallest absolute Gasteiger partial charge is 0.337 e. The van der Waals surface area contributed by atoms with E-state index >= 15 is 0 Å². The van der Waals surface area contributed by atoms with Crippen LogP contribution in [0.2, 0.25) is 0 Å². The molecule has 0 aliphatic carbocycles. The van der Waals surface area contributed by atoms with Gasteiger partial charge in [0.2, 0.25) is 5.78 Å². The lowest BCUT2D eigenvalue weighted by atomic mass is 10.1. The van der Waals surface area contributed by atoms with Crippen LogP contribution in [0.15, 0.2) is 36.4 Å². The van der Waals surface area contributed by atoms with E-state index in [4.69, 9.17) is 4.74 Å². The van der Waals surface area contributed by atoms with Crippen LogP contribution in [0.1, 0.15) is 51.0 Å². The molecule has 0 fully saturated rings. The molecule has 0 aliphatic heterocycles. The van der Waals surface area contributed by atoms with Gasteiger partial charge in [-0.3, -0.25) is 4.79 Å². The number of aromatic nitrogens is 1. The number of carbonyl (C=O) groups excluding carboxylic acids is 3. The maximum atomic E-state index is 12.4. The van der Waals surface area contributed by atoms with Crippen molar-refractivity contribution in [3.63, 3.8) is 0 Å². The average Bonchev–Trinajstić information content (AvgIpc) is 2.99. The number of rotatable bonds is 8. The molecule has 0 saturated carbocycles. The fourth-order valence-corrected chi connectivity index (χ4v) is 2.93. The number of Topliss-reactive ketones (excluding diaryl/α,β-unsaturated/α-hetero) is 1. The highest BCUT2D eigenvalue weighted by atomic mass is 16.5. The molecular formula is C22H25NO5. The maximum Gasteiger partial charge on any atom is 0.337 e. The molecular weight excluding hydrogens is 358 g/mol. The van der Waals surface area contributed by atoms with Crippen LogP contribution in [0.25, 0.3) is 6.08 Å². The van der Waals surface area contributed by atoms with Gasteiger partial charge in [-0.05, 0) is 50.1 Å². The SMILES string of the molecule is CCCn1c(C)cc(C(=O)COC(=O)/C=C/c2ccc(C(=O)OC)cc2)c1C. The molecule has 0 N–H and O–H groups in total. The molecule has 0 spiro atoms. The summed E-state index contributed by atoms with van der Waals surface area (Å²) < 4.78 is 11.8. The third-order valence-electron chi connectivity index (χ3n) is 4.41. The van der Waals surface area contributed by atoms with Gasteiger partial charge in [0.25, 0.3) is 0 Å². The number of ketones is 1. The van der Waals surface area contributed by atoms with Crippen LogP contribution >= 0.6 is 0 Å². The first-order valence-corrected chi connectivity index (χ1v) is 9.10. The van der Waals surface area contributed by atoms with Gasteiger partial charge >= 0.3 is 11.9 Å². The normalized spacial score (nSPS) is 10.9. The Bertz CT molecular complexity index is 890. The van der Waals surface area contributed by atoms with E-state index in [9.17, 15) is 14.4 Å². The lowest BCUT2D eigenvalue weighted by Crippen LogP contribution is -2.13. The van der Waals surface area contributed by atoms with E-state index in [1.807, 2.05) is 19.9 Å². The molecule has 148 valence electrons. The van der Waals surface area contributed by atoms with Crippen molar-refractivity contribution < 1.29 is 23.9 Å². The summed E-state index contributed by atoms with van der Waals surface area (Å²) >= 11 is 0. The Morgan fingerprint density at radius 1 is 1.11 bits per heavy atom. The summed E-state index contributed by atoms with van der Waals surface area (Å²) in [4.78, 5) is 35.7. The number of benzene rings is 1. The van der Waals surface area contributed by atoms with Gasteiger partial charge in [0, 0.05) is 29.6 Å². The molecule has 0 amide bonds. The molecule has 2 rings (SSSR count). The highest BCUT2D eigenvalue weighted by Crippen LogP contribution is 2.16. The van der Waals surface area contributed by atoms with Crippen LogP contribution in [0.5, 0.6) is 0 Å². The minimum Gasteiger partial charge on any atom is -0.465 e. The highest BCUT2D eigenvalue weighted by Gasteiger charge is 2.16. The van der Waals surface area contributed by atoms with E-state index in [0.717, 1.165) is 29.9 Å². The topological polar surface area (TPSA) is 74.6 Å². The first-order chi connectivity index (χ1) is 13.4. The van der Waals surface area contributed by atoms with Gasteiger partial charge in [0.1, 0.15) is 0 Å². The number of aryl methyl sites for hydroxylation is 1. The van der Waals surface area contributed by atoms with Crippen LogP contribution < -0.4 is 0 Å².